The van der Waals surface area contributed by atoms with Crippen molar-refractivity contribution in [3.05, 3.63) is 35.9 Å². The molecule has 33 heavy (non-hydrogen) atoms. The van der Waals surface area contributed by atoms with Crippen LogP contribution >= 0.6 is 0 Å². The lowest BCUT2D eigenvalue weighted by atomic mass is 9.97. The third kappa shape index (κ3) is 3.86. The highest BCUT2D eigenvalue weighted by Gasteiger charge is 2.28. The van der Waals surface area contributed by atoms with E-state index in [1.807, 2.05) is 13.8 Å². The van der Waals surface area contributed by atoms with E-state index in [0.717, 1.165) is 11.3 Å². The highest BCUT2D eigenvalue weighted by molar-refractivity contribution is 5.99. The van der Waals surface area contributed by atoms with Crippen molar-refractivity contribution in [3.8, 4) is 17.0 Å². The zero-order valence-corrected chi connectivity index (χ0v) is 18.3. The minimum absolute atomic E-state index is 0.0256. The number of carbonyl (C=O) groups excluding carboxylic acids is 1. The molecule has 1 unspecified atom stereocenters. The number of anilines is 3. The van der Waals surface area contributed by atoms with Crippen LogP contribution in [-0.2, 0) is 9.47 Å². The van der Waals surface area contributed by atoms with Crippen molar-refractivity contribution < 1.29 is 23.4 Å². The van der Waals surface area contributed by atoms with E-state index < -0.39 is 11.9 Å². The Balaban J connectivity index is 1.48. The first-order chi connectivity index (χ1) is 15.9. The zero-order chi connectivity index (χ0) is 23.1. The summed E-state index contributed by atoms with van der Waals surface area (Å²) < 4.78 is 31.7. The predicted octanol–water partition coefficient (Wildman–Crippen LogP) is 3.86. The molecule has 10 heteroatoms. The Hall–Kier alpha value is -3.66. The first-order valence-electron chi connectivity index (χ1n) is 10.8. The third-order valence-electron chi connectivity index (χ3n) is 6.03. The standard InChI is InChI=1S/C23H24FN5O4/c1-11-15(9-28-22-21(11)26-4-6-32-22)14-7-13-8-18(27-10-16(13)20(25)19(14)24)29-23(30)33-17-3-5-31-12(17)2/h7-10,12,17,26H,3-6,25H2,1-2H3,(H,27,29,30)/t12?,17-/m1/s1. The van der Waals surface area contributed by atoms with Crippen LogP contribution in [0.25, 0.3) is 21.9 Å². The number of amides is 1. The molecule has 2 aromatic heterocycles. The van der Waals surface area contributed by atoms with Crippen LogP contribution in [0.5, 0.6) is 5.88 Å². The van der Waals surface area contributed by atoms with E-state index in [4.69, 9.17) is 19.9 Å². The molecule has 0 radical (unpaired) electrons. The fourth-order valence-electron chi connectivity index (χ4n) is 4.19. The number of nitrogens with one attached hydrogen (secondary N) is 2. The second-order valence-corrected chi connectivity index (χ2v) is 8.13. The summed E-state index contributed by atoms with van der Waals surface area (Å²) in [6.07, 6.45) is 2.57. The Morgan fingerprint density at radius 3 is 2.91 bits per heavy atom. The summed E-state index contributed by atoms with van der Waals surface area (Å²) in [5.74, 6) is 0.209. The number of hydrogen-bond donors (Lipinski definition) is 3. The molecular weight excluding hydrogens is 429 g/mol. The molecule has 9 nitrogen and oxygen atoms in total. The molecule has 172 valence electrons. The van der Waals surface area contributed by atoms with Gasteiger partial charge < -0.3 is 25.3 Å². The highest BCUT2D eigenvalue weighted by atomic mass is 19.1. The van der Waals surface area contributed by atoms with Gasteiger partial charge >= 0.3 is 6.09 Å². The molecule has 0 spiro atoms. The van der Waals surface area contributed by atoms with Crippen molar-refractivity contribution in [2.75, 3.05) is 36.1 Å². The Morgan fingerprint density at radius 1 is 1.27 bits per heavy atom. The largest absolute Gasteiger partial charge is 0.474 e. The Labute approximate surface area is 189 Å². The van der Waals surface area contributed by atoms with Crippen molar-refractivity contribution in [2.45, 2.75) is 32.5 Å². The van der Waals surface area contributed by atoms with Crippen molar-refractivity contribution >= 4 is 34.1 Å². The number of carbonyl (C=O) groups is 1. The molecule has 2 aliphatic heterocycles. The molecule has 0 bridgehead atoms. The molecular formula is C23H24FN5O4. The van der Waals surface area contributed by atoms with Gasteiger partial charge in [0, 0.05) is 41.9 Å². The Bertz CT molecular complexity index is 1250. The second kappa shape index (κ2) is 8.36. The van der Waals surface area contributed by atoms with Crippen LogP contribution in [0.1, 0.15) is 18.9 Å². The van der Waals surface area contributed by atoms with E-state index in [9.17, 15) is 4.79 Å². The van der Waals surface area contributed by atoms with E-state index in [1.165, 1.54) is 6.20 Å². The summed E-state index contributed by atoms with van der Waals surface area (Å²) >= 11 is 0. The minimum Gasteiger partial charge on any atom is -0.474 e. The second-order valence-electron chi connectivity index (χ2n) is 8.13. The fraction of sp³-hybridized carbons (Fsp3) is 0.348. The van der Waals surface area contributed by atoms with Crippen molar-refractivity contribution in [1.82, 2.24) is 9.97 Å². The van der Waals surface area contributed by atoms with Crippen LogP contribution in [0.4, 0.5) is 26.4 Å². The molecule has 4 N–H and O–H groups in total. The lowest BCUT2D eigenvalue weighted by Crippen LogP contribution is -2.27. The van der Waals surface area contributed by atoms with Gasteiger partial charge in [0.05, 0.1) is 18.4 Å². The quantitative estimate of drug-likeness (QED) is 0.512. The maximum Gasteiger partial charge on any atom is 0.413 e. The average Bonchev–Trinajstić information content (AvgIpc) is 3.21. The van der Waals surface area contributed by atoms with Crippen LogP contribution in [0.2, 0.25) is 0 Å². The van der Waals surface area contributed by atoms with Gasteiger partial charge in [-0.3, -0.25) is 5.32 Å². The molecule has 2 atom stereocenters. The summed E-state index contributed by atoms with van der Waals surface area (Å²) in [6.45, 7) is 5.45. The molecule has 1 amide bonds. The van der Waals surface area contributed by atoms with Gasteiger partial charge in [0.25, 0.3) is 0 Å². The number of aromatic nitrogens is 2. The van der Waals surface area contributed by atoms with E-state index in [1.54, 1.807) is 18.3 Å². The monoisotopic (exact) mass is 453 g/mol. The van der Waals surface area contributed by atoms with Crippen LogP contribution in [0.15, 0.2) is 24.5 Å². The molecule has 0 saturated carbocycles. The van der Waals surface area contributed by atoms with Crippen LogP contribution < -0.4 is 21.1 Å². The number of hydrogen-bond acceptors (Lipinski definition) is 8. The van der Waals surface area contributed by atoms with E-state index in [0.29, 0.717) is 54.0 Å². The SMILES string of the molecule is Cc1c(-c2cc3cc(NC(=O)O[C@@H]4CCOC4C)ncc3c(N)c2F)cnc2c1NCCO2. The van der Waals surface area contributed by atoms with Gasteiger partial charge in [0.2, 0.25) is 5.88 Å². The maximum atomic E-state index is 15.3. The number of nitrogen functional groups attached to an aromatic ring is 1. The Kier molecular flexibility index (Phi) is 5.37. The van der Waals surface area contributed by atoms with E-state index in [-0.39, 0.29) is 23.7 Å². The molecule has 5 rings (SSSR count). The molecule has 4 heterocycles. The number of rotatable bonds is 3. The van der Waals surface area contributed by atoms with Gasteiger partial charge in [-0.2, -0.15) is 0 Å². The zero-order valence-electron chi connectivity index (χ0n) is 18.3. The minimum atomic E-state index is -0.625. The number of nitrogens with two attached hydrogens (primary N) is 1. The Morgan fingerprint density at radius 2 is 2.12 bits per heavy atom. The number of halogens is 1. The van der Waals surface area contributed by atoms with E-state index >= 15 is 4.39 Å². The first-order valence-corrected chi connectivity index (χ1v) is 10.8. The topological polar surface area (TPSA) is 121 Å². The van der Waals surface area contributed by atoms with Crippen LogP contribution in [-0.4, -0.2) is 48.0 Å². The summed E-state index contributed by atoms with van der Waals surface area (Å²) in [7, 11) is 0. The number of fused-ring (bicyclic) bond motifs is 2. The number of pyridine rings is 2. The average molecular weight is 453 g/mol. The maximum absolute atomic E-state index is 15.3. The summed E-state index contributed by atoms with van der Waals surface area (Å²) in [6, 6.07) is 3.30. The number of nitrogens with zero attached hydrogens (tertiary/aromatic N) is 2. The summed E-state index contributed by atoms with van der Waals surface area (Å²) in [4.78, 5) is 20.8. The van der Waals surface area contributed by atoms with E-state index in [2.05, 4.69) is 20.6 Å². The van der Waals surface area contributed by atoms with Gasteiger partial charge in [0.15, 0.2) is 5.82 Å². The molecule has 0 aliphatic carbocycles. The molecule has 1 aromatic carbocycles. The van der Waals surface area contributed by atoms with Crippen molar-refractivity contribution in [2.24, 2.45) is 0 Å². The summed E-state index contributed by atoms with van der Waals surface area (Å²) in [5, 5.41) is 6.94. The van der Waals surface area contributed by atoms with Gasteiger partial charge in [-0.05, 0) is 36.9 Å². The molecule has 3 aromatic rings. The lowest BCUT2D eigenvalue weighted by Gasteiger charge is -2.22. The van der Waals surface area contributed by atoms with Gasteiger partial charge in [-0.15, -0.1) is 0 Å². The summed E-state index contributed by atoms with van der Waals surface area (Å²) in [5.41, 5.74) is 8.54. The fourth-order valence-corrected chi connectivity index (χ4v) is 4.19. The predicted molar refractivity (Wildman–Crippen MR) is 122 cm³/mol. The van der Waals surface area contributed by atoms with Gasteiger partial charge in [-0.25, -0.2) is 19.2 Å². The lowest BCUT2D eigenvalue weighted by molar-refractivity contribution is 0.0420. The van der Waals surface area contributed by atoms with Crippen LogP contribution in [0.3, 0.4) is 0 Å². The molecule has 1 fully saturated rings. The molecule has 1 saturated heterocycles. The van der Waals surface area contributed by atoms with Crippen molar-refractivity contribution in [1.29, 1.82) is 0 Å². The third-order valence-corrected chi connectivity index (χ3v) is 6.03. The van der Waals surface area contributed by atoms with Crippen LogP contribution in [0, 0.1) is 12.7 Å². The van der Waals surface area contributed by atoms with Crippen molar-refractivity contribution in [3.63, 3.8) is 0 Å². The molecule has 2 aliphatic rings. The van der Waals surface area contributed by atoms with Gasteiger partial charge in [-0.1, -0.05) is 0 Å². The number of benzene rings is 1. The van der Waals surface area contributed by atoms with Gasteiger partial charge in [0.1, 0.15) is 24.2 Å². The number of ether oxygens (including phenoxy) is 3. The normalized spacial score (nSPS) is 19.5. The smallest absolute Gasteiger partial charge is 0.413 e. The highest BCUT2D eigenvalue weighted by Crippen LogP contribution is 2.39. The first kappa shape index (κ1) is 21.2.